The first-order valence-electron chi connectivity index (χ1n) is 4.43. The molecule has 0 N–H and O–H groups in total. The highest BCUT2D eigenvalue weighted by molar-refractivity contribution is 6.30. The van der Waals surface area contributed by atoms with E-state index in [0.717, 1.165) is 5.56 Å². The number of nitrogens with zero attached hydrogens (tertiary/aromatic N) is 3. The van der Waals surface area contributed by atoms with E-state index in [9.17, 15) is 4.79 Å². The Bertz CT molecular complexity index is 556. The first-order chi connectivity index (χ1) is 7.08. The quantitative estimate of drug-likeness (QED) is 0.734. The molecular weight excluding hydrogens is 214 g/mol. The largest absolute Gasteiger partial charge is 0.317 e. The van der Waals surface area contributed by atoms with Gasteiger partial charge in [-0.15, -0.1) is 0 Å². The predicted octanol–water partition coefficient (Wildman–Crippen LogP) is 1.44. The smallest absolute Gasteiger partial charge is 0.258 e. The van der Waals surface area contributed by atoms with Gasteiger partial charge in [-0.25, -0.2) is 0 Å². The predicted molar refractivity (Wildman–Crippen MR) is 58.9 cm³/mol. The molecule has 2 aromatic heterocycles. The molecule has 0 spiro atoms. The van der Waals surface area contributed by atoms with Gasteiger partial charge < -0.3 is 4.57 Å². The van der Waals surface area contributed by atoms with Gasteiger partial charge in [-0.3, -0.25) is 9.48 Å². The Morgan fingerprint density at radius 1 is 1.33 bits per heavy atom. The van der Waals surface area contributed by atoms with Crippen LogP contribution >= 0.6 is 11.6 Å². The van der Waals surface area contributed by atoms with Crippen molar-refractivity contribution in [3.05, 3.63) is 40.0 Å². The molecular formula is C10H10ClN3O. The maximum absolute atomic E-state index is 11.8. The number of hydrogen-bond donors (Lipinski definition) is 0. The van der Waals surface area contributed by atoms with Crippen LogP contribution < -0.4 is 5.56 Å². The molecule has 0 amide bonds. The number of hydrogen-bond acceptors (Lipinski definition) is 2. The number of halogens is 1. The zero-order valence-corrected chi connectivity index (χ0v) is 9.19. The summed E-state index contributed by atoms with van der Waals surface area (Å²) in [5, 5.41) is 4.56. The molecule has 15 heavy (non-hydrogen) atoms. The summed E-state index contributed by atoms with van der Waals surface area (Å²) in [7, 11) is 3.48. The molecule has 0 aliphatic rings. The van der Waals surface area contributed by atoms with Crippen molar-refractivity contribution in [1.29, 1.82) is 0 Å². The van der Waals surface area contributed by atoms with Crippen molar-refractivity contribution >= 4 is 11.6 Å². The Morgan fingerprint density at radius 2 is 2.07 bits per heavy atom. The highest BCUT2D eigenvalue weighted by Crippen LogP contribution is 2.17. The fourth-order valence-corrected chi connectivity index (χ4v) is 1.69. The lowest BCUT2D eigenvalue weighted by atomic mass is 10.1. The summed E-state index contributed by atoms with van der Waals surface area (Å²) >= 11 is 5.89. The van der Waals surface area contributed by atoms with E-state index in [1.54, 1.807) is 43.4 Å². The van der Waals surface area contributed by atoms with Crippen LogP contribution in [-0.2, 0) is 14.1 Å². The Labute approximate surface area is 91.7 Å². The molecule has 0 aromatic carbocycles. The van der Waals surface area contributed by atoms with Crippen LogP contribution in [0.15, 0.2) is 29.5 Å². The molecule has 0 radical (unpaired) electrons. The van der Waals surface area contributed by atoms with E-state index >= 15 is 0 Å². The minimum Gasteiger partial charge on any atom is -0.317 e. The molecule has 0 fully saturated rings. The molecule has 0 saturated carbocycles. The summed E-state index contributed by atoms with van der Waals surface area (Å²) < 4.78 is 3.11. The summed E-state index contributed by atoms with van der Waals surface area (Å²) in [6.45, 7) is 0. The zero-order valence-electron chi connectivity index (χ0n) is 8.44. The second-order valence-electron chi connectivity index (χ2n) is 3.39. The summed E-state index contributed by atoms with van der Waals surface area (Å²) in [6, 6.07) is 1.65. The van der Waals surface area contributed by atoms with Gasteiger partial charge in [0.2, 0.25) is 0 Å². The van der Waals surface area contributed by atoms with E-state index in [2.05, 4.69) is 5.10 Å². The van der Waals surface area contributed by atoms with Gasteiger partial charge in [0.05, 0.1) is 16.8 Å². The molecule has 2 aromatic rings. The van der Waals surface area contributed by atoms with E-state index in [0.29, 0.717) is 10.6 Å². The molecule has 2 heterocycles. The summed E-state index contributed by atoms with van der Waals surface area (Å²) in [6.07, 6.45) is 5.02. The van der Waals surface area contributed by atoms with Crippen molar-refractivity contribution in [3.8, 4) is 11.1 Å². The second-order valence-corrected chi connectivity index (χ2v) is 3.83. The first-order valence-corrected chi connectivity index (χ1v) is 4.81. The SMILES string of the molecule is Cn1cc(-c2cc(Cl)cn(C)c2=O)cn1. The Hall–Kier alpha value is -1.55. The molecule has 4 nitrogen and oxygen atoms in total. The molecule has 0 atom stereocenters. The molecule has 78 valence electrons. The average Bonchev–Trinajstić information content (AvgIpc) is 2.58. The van der Waals surface area contributed by atoms with Crippen LogP contribution in [0.25, 0.3) is 11.1 Å². The number of rotatable bonds is 1. The fourth-order valence-electron chi connectivity index (χ4n) is 1.44. The standard InChI is InChI=1S/C10H10ClN3O/c1-13-6-8(11)3-9(10(13)15)7-4-12-14(2)5-7/h3-6H,1-2H3. The summed E-state index contributed by atoms with van der Waals surface area (Å²) in [5.74, 6) is 0. The lowest BCUT2D eigenvalue weighted by Crippen LogP contribution is -2.17. The van der Waals surface area contributed by atoms with Crippen molar-refractivity contribution in [2.45, 2.75) is 0 Å². The van der Waals surface area contributed by atoms with Crippen molar-refractivity contribution in [2.75, 3.05) is 0 Å². The maximum atomic E-state index is 11.8. The third-order valence-electron chi connectivity index (χ3n) is 2.17. The van der Waals surface area contributed by atoms with Crippen molar-refractivity contribution in [1.82, 2.24) is 14.3 Å². The van der Waals surface area contributed by atoms with Crippen LogP contribution in [-0.4, -0.2) is 14.3 Å². The third-order valence-corrected chi connectivity index (χ3v) is 2.37. The van der Waals surface area contributed by atoms with Gasteiger partial charge in [-0.1, -0.05) is 11.6 Å². The third kappa shape index (κ3) is 1.80. The van der Waals surface area contributed by atoms with Gasteiger partial charge in [-0.05, 0) is 6.07 Å². The Morgan fingerprint density at radius 3 is 2.67 bits per heavy atom. The lowest BCUT2D eigenvalue weighted by molar-refractivity contribution is 0.768. The van der Waals surface area contributed by atoms with E-state index in [1.807, 2.05) is 0 Å². The van der Waals surface area contributed by atoms with E-state index in [1.165, 1.54) is 4.57 Å². The normalized spacial score (nSPS) is 10.6. The molecule has 2 rings (SSSR count). The van der Waals surface area contributed by atoms with Crippen molar-refractivity contribution < 1.29 is 0 Å². The number of aromatic nitrogens is 3. The highest BCUT2D eigenvalue weighted by atomic mass is 35.5. The Balaban J connectivity index is 2.67. The molecule has 0 aliphatic heterocycles. The average molecular weight is 224 g/mol. The van der Waals surface area contributed by atoms with Gasteiger partial charge in [-0.2, -0.15) is 5.10 Å². The Kier molecular flexibility index (Phi) is 2.36. The monoisotopic (exact) mass is 223 g/mol. The minimum absolute atomic E-state index is 0.0765. The lowest BCUT2D eigenvalue weighted by Gasteiger charge is -2.02. The van der Waals surface area contributed by atoms with Crippen molar-refractivity contribution in [3.63, 3.8) is 0 Å². The second kappa shape index (κ2) is 3.55. The highest BCUT2D eigenvalue weighted by Gasteiger charge is 2.07. The van der Waals surface area contributed by atoms with Gasteiger partial charge in [0.1, 0.15) is 0 Å². The van der Waals surface area contributed by atoms with Crippen LogP contribution in [0.1, 0.15) is 0 Å². The minimum atomic E-state index is -0.0765. The fraction of sp³-hybridized carbons (Fsp3) is 0.200. The van der Waals surface area contributed by atoms with Gasteiger partial charge in [0, 0.05) is 32.1 Å². The first kappa shape index (κ1) is 9.98. The topological polar surface area (TPSA) is 39.8 Å². The van der Waals surface area contributed by atoms with Crippen LogP contribution in [0.3, 0.4) is 0 Å². The van der Waals surface area contributed by atoms with Gasteiger partial charge in [0.25, 0.3) is 5.56 Å². The number of aryl methyl sites for hydroxylation is 2. The number of pyridine rings is 1. The van der Waals surface area contributed by atoms with E-state index in [4.69, 9.17) is 11.6 Å². The zero-order chi connectivity index (χ0) is 11.0. The molecule has 0 aliphatic carbocycles. The van der Waals surface area contributed by atoms with Crippen LogP contribution in [0.4, 0.5) is 0 Å². The molecule has 0 bridgehead atoms. The van der Waals surface area contributed by atoms with Crippen LogP contribution in [0, 0.1) is 0 Å². The maximum Gasteiger partial charge on any atom is 0.258 e. The van der Waals surface area contributed by atoms with Crippen LogP contribution in [0.2, 0.25) is 5.02 Å². The van der Waals surface area contributed by atoms with E-state index in [-0.39, 0.29) is 5.56 Å². The summed E-state index contributed by atoms with van der Waals surface area (Å²) in [4.78, 5) is 11.8. The van der Waals surface area contributed by atoms with Crippen LogP contribution in [0.5, 0.6) is 0 Å². The molecule has 0 saturated heterocycles. The van der Waals surface area contributed by atoms with Gasteiger partial charge in [0.15, 0.2) is 0 Å². The van der Waals surface area contributed by atoms with Crippen molar-refractivity contribution in [2.24, 2.45) is 14.1 Å². The van der Waals surface area contributed by atoms with E-state index < -0.39 is 0 Å². The van der Waals surface area contributed by atoms with Gasteiger partial charge >= 0.3 is 0 Å². The summed E-state index contributed by atoms with van der Waals surface area (Å²) in [5.41, 5.74) is 1.27. The molecule has 0 unspecified atom stereocenters. The molecule has 5 heteroatoms.